The van der Waals surface area contributed by atoms with Crippen molar-refractivity contribution in [2.24, 2.45) is 0 Å². The standard InChI is InChI=1S/C16H22N2O5S2/c19-16(8-13-24(20,21)14-4-2-1-3-5-14)17-9-11-18(12-10-17)25(22,23)15-6-7-15/h1-5,15H,6-13H2. The van der Waals surface area contributed by atoms with Crippen LogP contribution < -0.4 is 0 Å². The van der Waals surface area contributed by atoms with Gasteiger partial charge < -0.3 is 4.90 Å². The minimum atomic E-state index is -3.48. The molecule has 0 spiro atoms. The Bertz CT molecular complexity index is 825. The quantitative estimate of drug-likeness (QED) is 0.709. The van der Waals surface area contributed by atoms with Gasteiger partial charge in [0.2, 0.25) is 15.9 Å². The number of carbonyl (C=O) groups excluding carboxylic acids is 1. The SMILES string of the molecule is O=C(CCS(=O)(=O)c1ccccc1)N1CCN(S(=O)(=O)C2CC2)CC1. The first-order valence-electron chi connectivity index (χ1n) is 8.35. The summed E-state index contributed by atoms with van der Waals surface area (Å²) in [6.45, 7) is 1.21. The molecular formula is C16H22N2O5S2. The average molecular weight is 386 g/mol. The van der Waals surface area contributed by atoms with Crippen molar-refractivity contribution in [3.05, 3.63) is 30.3 Å². The van der Waals surface area contributed by atoms with Crippen LogP contribution in [0.4, 0.5) is 0 Å². The average Bonchev–Trinajstić information content (AvgIpc) is 3.46. The highest BCUT2D eigenvalue weighted by atomic mass is 32.2. The van der Waals surface area contributed by atoms with Gasteiger partial charge in [-0.15, -0.1) is 0 Å². The van der Waals surface area contributed by atoms with E-state index in [2.05, 4.69) is 0 Å². The fourth-order valence-corrected chi connectivity index (χ4v) is 5.97. The molecule has 0 bridgehead atoms. The summed E-state index contributed by atoms with van der Waals surface area (Å²) < 4.78 is 50.3. The molecule has 0 atom stereocenters. The van der Waals surface area contributed by atoms with E-state index >= 15 is 0 Å². The van der Waals surface area contributed by atoms with Gasteiger partial charge in [-0.05, 0) is 25.0 Å². The summed E-state index contributed by atoms with van der Waals surface area (Å²) in [5.74, 6) is -0.487. The molecule has 25 heavy (non-hydrogen) atoms. The summed E-state index contributed by atoms with van der Waals surface area (Å²) >= 11 is 0. The summed E-state index contributed by atoms with van der Waals surface area (Å²) in [5.41, 5.74) is 0. The first-order valence-corrected chi connectivity index (χ1v) is 11.5. The minimum absolute atomic E-state index is 0.0907. The molecule has 1 heterocycles. The van der Waals surface area contributed by atoms with Gasteiger partial charge in [0, 0.05) is 32.6 Å². The maximum Gasteiger partial charge on any atom is 0.223 e. The molecule has 3 rings (SSSR count). The summed E-state index contributed by atoms with van der Waals surface area (Å²) in [7, 11) is -6.69. The number of piperazine rings is 1. The van der Waals surface area contributed by atoms with Crippen LogP contribution >= 0.6 is 0 Å². The number of hydrogen-bond donors (Lipinski definition) is 0. The van der Waals surface area contributed by atoms with Gasteiger partial charge in [0.15, 0.2) is 9.84 Å². The van der Waals surface area contributed by atoms with Crippen molar-refractivity contribution in [1.29, 1.82) is 0 Å². The first-order chi connectivity index (χ1) is 11.8. The topological polar surface area (TPSA) is 91.8 Å². The van der Waals surface area contributed by atoms with E-state index in [1.54, 1.807) is 23.1 Å². The zero-order chi connectivity index (χ0) is 18.1. The van der Waals surface area contributed by atoms with Gasteiger partial charge >= 0.3 is 0 Å². The molecule has 0 N–H and O–H groups in total. The molecule has 1 aliphatic carbocycles. The van der Waals surface area contributed by atoms with Gasteiger partial charge in [-0.3, -0.25) is 4.79 Å². The lowest BCUT2D eigenvalue weighted by Gasteiger charge is -2.34. The van der Waals surface area contributed by atoms with Crippen molar-refractivity contribution in [3.8, 4) is 0 Å². The third-order valence-electron chi connectivity index (χ3n) is 4.58. The zero-order valence-electron chi connectivity index (χ0n) is 13.9. The Kier molecular flexibility index (Phi) is 5.17. The Morgan fingerprint density at radius 2 is 1.56 bits per heavy atom. The molecule has 0 radical (unpaired) electrons. The highest BCUT2D eigenvalue weighted by Gasteiger charge is 2.41. The second-order valence-electron chi connectivity index (χ2n) is 6.41. The van der Waals surface area contributed by atoms with E-state index in [-0.39, 0.29) is 41.3 Å². The molecule has 1 saturated heterocycles. The largest absolute Gasteiger partial charge is 0.340 e. The Hall–Kier alpha value is -1.45. The number of sulfonamides is 1. The molecule has 138 valence electrons. The fourth-order valence-electron chi connectivity index (χ4n) is 2.89. The van der Waals surface area contributed by atoms with Gasteiger partial charge in [0.1, 0.15) is 0 Å². The van der Waals surface area contributed by atoms with Gasteiger partial charge in [-0.2, -0.15) is 4.31 Å². The molecular weight excluding hydrogens is 364 g/mol. The van der Waals surface area contributed by atoms with E-state index in [4.69, 9.17) is 0 Å². The Morgan fingerprint density at radius 3 is 2.12 bits per heavy atom. The zero-order valence-corrected chi connectivity index (χ0v) is 15.5. The summed E-state index contributed by atoms with van der Waals surface area (Å²) in [4.78, 5) is 14.0. The fraction of sp³-hybridized carbons (Fsp3) is 0.562. The first kappa shape index (κ1) is 18.3. The number of amides is 1. The van der Waals surface area contributed by atoms with Crippen LogP contribution in [0.2, 0.25) is 0 Å². The maximum atomic E-state index is 12.3. The summed E-state index contributed by atoms with van der Waals surface area (Å²) in [6.07, 6.45) is 1.35. The Balaban J connectivity index is 1.52. The van der Waals surface area contributed by atoms with Crippen molar-refractivity contribution in [2.75, 3.05) is 31.9 Å². The van der Waals surface area contributed by atoms with Crippen LogP contribution in [0.1, 0.15) is 19.3 Å². The van der Waals surface area contributed by atoms with E-state index in [0.29, 0.717) is 13.1 Å². The maximum absolute atomic E-state index is 12.3. The van der Waals surface area contributed by atoms with Crippen molar-refractivity contribution >= 4 is 25.8 Å². The van der Waals surface area contributed by atoms with E-state index in [1.165, 1.54) is 16.4 Å². The van der Waals surface area contributed by atoms with Crippen LogP contribution in [-0.2, 0) is 24.7 Å². The molecule has 2 aliphatic rings. The Morgan fingerprint density at radius 1 is 0.960 bits per heavy atom. The van der Waals surface area contributed by atoms with Crippen LogP contribution in [0.15, 0.2) is 35.2 Å². The molecule has 1 saturated carbocycles. The molecule has 0 aromatic heterocycles. The van der Waals surface area contributed by atoms with Crippen LogP contribution in [0.3, 0.4) is 0 Å². The van der Waals surface area contributed by atoms with Gasteiger partial charge in [0.25, 0.3) is 0 Å². The third kappa shape index (κ3) is 4.21. The minimum Gasteiger partial charge on any atom is -0.340 e. The number of nitrogens with zero attached hydrogens (tertiary/aromatic N) is 2. The second-order valence-corrected chi connectivity index (χ2v) is 10.7. The molecule has 7 nitrogen and oxygen atoms in total. The lowest BCUT2D eigenvalue weighted by Crippen LogP contribution is -2.51. The molecule has 1 aliphatic heterocycles. The van der Waals surface area contributed by atoms with Crippen LogP contribution in [-0.4, -0.2) is 69.1 Å². The van der Waals surface area contributed by atoms with Crippen LogP contribution in [0.5, 0.6) is 0 Å². The van der Waals surface area contributed by atoms with E-state index in [9.17, 15) is 21.6 Å². The monoisotopic (exact) mass is 386 g/mol. The van der Waals surface area contributed by atoms with E-state index < -0.39 is 19.9 Å². The van der Waals surface area contributed by atoms with Gasteiger partial charge in [-0.25, -0.2) is 16.8 Å². The van der Waals surface area contributed by atoms with Crippen molar-refractivity contribution < 1.29 is 21.6 Å². The Labute approximate surface area is 148 Å². The normalized spacial score (nSPS) is 19.8. The molecule has 0 unspecified atom stereocenters. The molecule has 1 amide bonds. The smallest absolute Gasteiger partial charge is 0.223 e. The van der Waals surface area contributed by atoms with E-state index in [1.807, 2.05) is 0 Å². The molecule has 9 heteroatoms. The van der Waals surface area contributed by atoms with Crippen LogP contribution in [0, 0.1) is 0 Å². The molecule has 2 fully saturated rings. The van der Waals surface area contributed by atoms with Gasteiger partial charge in [0.05, 0.1) is 15.9 Å². The highest BCUT2D eigenvalue weighted by Crippen LogP contribution is 2.31. The third-order valence-corrected chi connectivity index (χ3v) is 8.71. The molecule has 1 aromatic carbocycles. The highest BCUT2D eigenvalue weighted by molar-refractivity contribution is 7.91. The van der Waals surface area contributed by atoms with Crippen LogP contribution in [0.25, 0.3) is 0 Å². The lowest BCUT2D eigenvalue weighted by molar-refractivity contribution is -0.131. The second kappa shape index (κ2) is 7.05. The summed E-state index contributed by atoms with van der Waals surface area (Å²) in [5, 5.41) is -0.245. The number of sulfone groups is 1. The lowest BCUT2D eigenvalue weighted by atomic mass is 10.3. The van der Waals surface area contributed by atoms with Gasteiger partial charge in [-0.1, -0.05) is 18.2 Å². The number of benzene rings is 1. The number of rotatable bonds is 6. The number of carbonyl (C=O) groups is 1. The number of hydrogen-bond acceptors (Lipinski definition) is 5. The summed E-state index contributed by atoms with van der Waals surface area (Å²) in [6, 6.07) is 8.06. The van der Waals surface area contributed by atoms with Crippen molar-refractivity contribution in [2.45, 2.75) is 29.4 Å². The predicted octanol–water partition coefficient (Wildman–Crippen LogP) is 0.487. The van der Waals surface area contributed by atoms with E-state index in [0.717, 1.165) is 12.8 Å². The molecule has 1 aromatic rings. The van der Waals surface area contributed by atoms with Crippen molar-refractivity contribution in [3.63, 3.8) is 0 Å². The van der Waals surface area contributed by atoms with Crippen molar-refractivity contribution in [1.82, 2.24) is 9.21 Å². The predicted molar refractivity (Wildman–Crippen MR) is 93.2 cm³/mol.